The number of anilines is 2. The SMILES string of the molecule is COc1ccc(S(=O)(=O)N(CC(=O)Nc2nnc(SCc3ccccc3)s2)c2ccc(C)cc2)cc1Br. The number of aromatic nitrogens is 2. The topological polar surface area (TPSA) is 101 Å². The molecule has 0 aliphatic carbocycles. The number of amides is 1. The van der Waals surface area contributed by atoms with E-state index in [9.17, 15) is 13.2 Å². The summed E-state index contributed by atoms with van der Waals surface area (Å²) in [6.45, 7) is 1.46. The van der Waals surface area contributed by atoms with E-state index in [2.05, 4.69) is 31.4 Å². The van der Waals surface area contributed by atoms with Crippen LogP contribution in [-0.4, -0.2) is 38.2 Å². The highest BCUT2D eigenvalue weighted by molar-refractivity contribution is 9.10. The maximum Gasteiger partial charge on any atom is 0.264 e. The summed E-state index contributed by atoms with van der Waals surface area (Å²) in [6, 6.07) is 21.3. The summed E-state index contributed by atoms with van der Waals surface area (Å²) in [5, 5.41) is 11.1. The lowest BCUT2D eigenvalue weighted by Gasteiger charge is -2.24. The van der Waals surface area contributed by atoms with Crippen molar-refractivity contribution in [3.8, 4) is 5.75 Å². The van der Waals surface area contributed by atoms with E-state index >= 15 is 0 Å². The van der Waals surface area contributed by atoms with Gasteiger partial charge in [0.15, 0.2) is 4.34 Å². The van der Waals surface area contributed by atoms with Gasteiger partial charge in [0.1, 0.15) is 12.3 Å². The molecule has 3 aromatic carbocycles. The second kappa shape index (κ2) is 12.1. The van der Waals surface area contributed by atoms with Crippen molar-refractivity contribution >= 4 is 65.8 Å². The van der Waals surface area contributed by atoms with Crippen molar-refractivity contribution in [3.63, 3.8) is 0 Å². The van der Waals surface area contributed by atoms with Crippen LogP contribution in [-0.2, 0) is 20.6 Å². The summed E-state index contributed by atoms with van der Waals surface area (Å²) in [7, 11) is -2.59. The molecule has 0 unspecified atom stereocenters. The predicted octanol–water partition coefficient (Wildman–Crippen LogP) is 5.74. The van der Waals surface area contributed by atoms with Crippen LogP contribution in [0.4, 0.5) is 10.8 Å². The molecule has 192 valence electrons. The Morgan fingerprint density at radius 2 is 1.81 bits per heavy atom. The average Bonchev–Trinajstić information content (AvgIpc) is 3.34. The Morgan fingerprint density at radius 3 is 2.49 bits per heavy atom. The number of nitrogens with one attached hydrogen (secondary N) is 1. The molecule has 0 saturated carbocycles. The van der Waals surface area contributed by atoms with Gasteiger partial charge in [-0.1, -0.05) is 71.1 Å². The third-order valence-electron chi connectivity index (χ3n) is 5.18. The number of thioether (sulfide) groups is 1. The van der Waals surface area contributed by atoms with E-state index < -0.39 is 22.5 Å². The molecular formula is C25H23BrN4O4S3. The number of nitrogens with zero attached hydrogens (tertiary/aromatic N) is 3. The summed E-state index contributed by atoms with van der Waals surface area (Å²) in [5.74, 6) is 0.684. The third-order valence-corrected chi connectivity index (χ3v) is 9.61. The Balaban J connectivity index is 1.52. The van der Waals surface area contributed by atoms with Crippen LogP contribution in [0.5, 0.6) is 5.75 Å². The van der Waals surface area contributed by atoms with Crippen molar-refractivity contribution in [2.24, 2.45) is 0 Å². The Labute approximate surface area is 232 Å². The first-order valence-corrected chi connectivity index (χ1v) is 15.0. The smallest absolute Gasteiger partial charge is 0.264 e. The molecule has 0 radical (unpaired) electrons. The first-order valence-electron chi connectivity index (χ1n) is 11.0. The lowest BCUT2D eigenvalue weighted by Crippen LogP contribution is -2.38. The number of halogens is 1. The fourth-order valence-corrected chi connectivity index (χ4v) is 7.15. The minimum Gasteiger partial charge on any atom is -0.496 e. The van der Waals surface area contributed by atoms with Crippen LogP contribution in [0.2, 0.25) is 0 Å². The summed E-state index contributed by atoms with van der Waals surface area (Å²) in [4.78, 5) is 13.0. The number of methoxy groups -OCH3 is 1. The lowest BCUT2D eigenvalue weighted by molar-refractivity contribution is -0.114. The number of ether oxygens (including phenoxy) is 1. The van der Waals surface area contributed by atoms with Gasteiger partial charge in [-0.05, 0) is 58.7 Å². The summed E-state index contributed by atoms with van der Waals surface area (Å²) >= 11 is 6.08. The number of sulfonamides is 1. The van der Waals surface area contributed by atoms with Crippen molar-refractivity contribution < 1.29 is 17.9 Å². The Kier molecular flexibility index (Phi) is 8.85. The molecule has 0 aliphatic rings. The van der Waals surface area contributed by atoms with Gasteiger partial charge in [0, 0.05) is 5.75 Å². The number of carbonyl (C=O) groups excluding carboxylic acids is 1. The second-order valence-corrected chi connectivity index (χ2v) is 12.8. The minimum atomic E-state index is -4.09. The molecule has 4 aromatic rings. The van der Waals surface area contributed by atoms with Gasteiger partial charge in [0.05, 0.1) is 22.2 Å². The van der Waals surface area contributed by atoms with Crippen LogP contribution in [0.1, 0.15) is 11.1 Å². The number of carbonyl (C=O) groups is 1. The first-order chi connectivity index (χ1) is 17.8. The molecule has 1 heterocycles. The van der Waals surface area contributed by atoms with Crippen molar-refractivity contribution in [1.29, 1.82) is 0 Å². The third kappa shape index (κ3) is 6.89. The standard InChI is InChI=1S/C25H23BrN4O4S3/c1-17-8-10-19(11-9-17)30(37(32,33)20-12-13-22(34-2)21(26)14-20)15-23(31)27-24-28-29-25(36-24)35-16-18-6-4-3-5-7-18/h3-14H,15-16H2,1-2H3,(H,27,28,31). The fourth-order valence-electron chi connectivity index (χ4n) is 3.29. The van der Waals surface area contributed by atoms with Gasteiger partial charge in [-0.15, -0.1) is 10.2 Å². The van der Waals surface area contributed by atoms with E-state index in [0.29, 0.717) is 25.4 Å². The fraction of sp³-hybridized carbons (Fsp3) is 0.160. The predicted molar refractivity (Wildman–Crippen MR) is 151 cm³/mol. The van der Waals surface area contributed by atoms with Crippen molar-refractivity contribution in [2.45, 2.75) is 21.9 Å². The summed E-state index contributed by atoms with van der Waals surface area (Å²) in [6.07, 6.45) is 0. The van der Waals surface area contributed by atoms with Crippen LogP contribution in [0.25, 0.3) is 0 Å². The molecule has 0 fully saturated rings. The van der Waals surface area contributed by atoms with Crippen LogP contribution in [0.3, 0.4) is 0 Å². The van der Waals surface area contributed by atoms with E-state index in [1.54, 1.807) is 30.3 Å². The maximum atomic E-state index is 13.6. The number of benzene rings is 3. The second-order valence-electron chi connectivity index (χ2n) is 7.84. The van der Waals surface area contributed by atoms with Crippen LogP contribution in [0.15, 0.2) is 86.5 Å². The van der Waals surface area contributed by atoms with Crippen molar-refractivity contribution in [1.82, 2.24) is 10.2 Å². The van der Waals surface area contributed by atoms with Gasteiger partial charge in [-0.2, -0.15) is 0 Å². The maximum absolute atomic E-state index is 13.6. The highest BCUT2D eigenvalue weighted by Crippen LogP contribution is 2.31. The number of aryl methyl sites for hydroxylation is 1. The average molecular weight is 620 g/mol. The zero-order chi connectivity index (χ0) is 26.4. The van der Waals surface area contributed by atoms with E-state index in [0.717, 1.165) is 21.2 Å². The van der Waals surface area contributed by atoms with E-state index in [4.69, 9.17) is 4.74 Å². The van der Waals surface area contributed by atoms with Gasteiger partial charge >= 0.3 is 0 Å². The Hall–Kier alpha value is -2.93. The molecule has 1 amide bonds. The summed E-state index contributed by atoms with van der Waals surface area (Å²) < 4.78 is 34.7. The highest BCUT2D eigenvalue weighted by Gasteiger charge is 2.28. The van der Waals surface area contributed by atoms with Crippen molar-refractivity contribution in [3.05, 3.63) is 88.4 Å². The molecule has 12 heteroatoms. The van der Waals surface area contributed by atoms with Gasteiger partial charge in [0.2, 0.25) is 11.0 Å². The molecule has 1 N–H and O–H groups in total. The van der Waals surface area contributed by atoms with Gasteiger partial charge in [-0.25, -0.2) is 8.42 Å². The Bertz CT molecular complexity index is 1480. The molecule has 0 bridgehead atoms. The minimum absolute atomic E-state index is 0.0177. The van der Waals surface area contributed by atoms with Crippen molar-refractivity contribution in [2.75, 3.05) is 23.3 Å². The quantitative estimate of drug-likeness (QED) is 0.178. The normalized spacial score (nSPS) is 11.2. The number of hydrogen-bond acceptors (Lipinski definition) is 8. The van der Waals surface area contributed by atoms with E-state index in [1.807, 2.05) is 37.3 Å². The van der Waals surface area contributed by atoms with Crippen LogP contribution in [0, 0.1) is 6.92 Å². The van der Waals surface area contributed by atoms with Crippen LogP contribution < -0.4 is 14.4 Å². The van der Waals surface area contributed by atoms with Gasteiger partial charge in [-0.3, -0.25) is 14.4 Å². The highest BCUT2D eigenvalue weighted by atomic mass is 79.9. The number of hydrogen-bond donors (Lipinski definition) is 1. The molecule has 0 spiro atoms. The first kappa shape index (κ1) is 27.1. The Morgan fingerprint density at radius 1 is 1.08 bits per heavy atom. The molecule has 37 heavy (non-hydrogen) atoms. The monoisotopic (exact) mass is 618 g/mol. The number of rotatable bonds is 10. The van der Waals surface area contributed by atoms with Gasteiger partial charge < -0.3 is 4.74 Å². The molecule has 0 aliphatic heterocycles. The summed E-state index contributed by atoms with van der Waals surface area (Å²) in [5.41, 5.74) is 2.48. The molecular weight excluding hydrogens is 596 g/mol. The largest absolute Gasteiger partial charge is 0.496 e. The zero-order valence-electron chi connectivity index (χ0n) is 19.9. The molecule has 0 saturated heterocycles. The van der Waals surface area contributed by atoms with Gasteiger partial charge in [0.25, 0.3) is 10.0 Å². The molecule has 8 nitrogen and oxygen atoms in total. The zero-order valence-corrected chi connectivity index (χ0v) is 24.0. The lowest BCUT2D eigenvalue weighted by atomic mass is 10.2. The van der Waals surface area contributed by atoms with E-state index in [-0.39, 0.29) is 4.90 Å². The molecule has 0 atom stereocenters. The molecule has 4 rings (SSSR count). The molecule has 1 aromatic heterocycles. The van der Waals surface area contributed by atoms with Crippen LogP contribution >= 0.6 is 39.0 Å². The van der Waals surface area contributed by atoms with E-state index in [1.165, 1.54) is 42.3 Å².